The average Bonchev–Trinajstić information content (AvgIpc) is 3.03. The van der Waals surface area contributed by atoms with Crippen LogP contribution in [0.5, 0.6) is 11.5 Å². The summed E-state index contributed by atoms with van der Waals surface area (Å²) in [6.45, 7) is 7.88. The second kappa shape index (κ2) is 6.96. The van der Waals surface area contributed by atoms with E-state index >= 15 is 0 Å². The van der Waals surface area contributed by atoms with Crippen LogP contribution in [0.3, 0.4) is 0 Å². The number of hydrogen-bond acceptors (Lipinski definition) is 4. The number of ether oxygens (including phenoxy) is 2. The van der Waals surface area contributed by atoms with Gasteiger partial charge in [0.25, 0.3) is 0 Å². The van der Waals surface area contributed by atoms with Gasteiger partial charge in [0, 0.05) is 31.4 Å². The molecular formula is C21H26N2O2. The second-order valence-corrected chi connectivity index (χ2v) is 7.26. The number of likely N-dealkylation sites (tertiary alicyclic amines) is 1. The van der Waals surface area contributed by atoms with Crippen LogP contribution in [0.4, 0.5) is 5.69 Å². The number of nitrogens with zero attached hydrogens (tertiary/aromatic N) is 1. The largest absolute Gasteiger partial charge is 0.454 e. The van der Waals surface area contributed by atoms with E-state index in [-0.39, 0.29) is 0 Å². The monoisotopic (exact) mass is 338 g/mol. The van der Waals surface area contributed by atoms with E-state index in [0.717, 1.165) is 31.1 Å². The number of nitrogens with one attached hydrogen (secondary N) is 1. The van der Waals surface area contributed by atoms with Crippen LogP contribution in [-0.2, 0) is 6.54 Å². The summed E-state index contributed by atoms with van der Waals surface area (Å²) in [6.07, 6.45) is 2.36. The minimum absolute atomic E-state index is 0.342. The van der Waals surface area contributed by atoms with E-state index in [1.165, 1.54) is 35.2 Å². The SMILES string of the molecule is Cc1cc(C)cc(NC2CCN(Cc3ccc4c(c3)OCO4)CC2)c1. The van der Waals surface area contributed by atoms with Crippen LogP contribution < -0.4 is 14.8 Å². The lowest BCUT2D eigenvalue weighted by atomic mass is 10.0. The molecule has 0 aromatic heterocycles. The molecule has 25 heavy (non-hydrogen) atoms. The summed E-state index contributed by atoms with van der Waals surface area (Å²) < 4.78 is 10.9. The fourth-order valence-electron chi connectivity index (χ4n) is 3.83. The van der Waals surface area contributed by atoms with Crippen molar-refractivity contribution in [2.75, 3.05) is 25.2 Å². The molecule has 2 aromatic rings. The lowest BCUT2D eigenvalue weighted by Crippen LogP contribution is -2.38. The summed E-state index contributed by atoms with van der Waals surface area (Å²) in [7, 11) is 0. The van der Waals surface area contributed by atoms with Crippen LogP contribution in [-0.4, -0.2) is 30.8 Å². The van der Waals surface area contributed by atoms with Crippen molar-refractivity contribution in [1.29, 1.82) is 0 Å². The van der Waals surface area contributed by atoms with Gasteiger partial charge >= 0.3 is 0 Å². The van der Waals surface area contributed by atoms with Crippen LogP contribution >= 0.6 is 0 Å². The lowest BCUT2D eigenvalue weighted by Gasteiger charge is -2.33. The third-order valence-electron chi connectivity index (χ3n) is 5.02. The summed E-state index contributed by atoms with van der Waals surface area (Å²) in [5, 5.41) is 3.72. The van der Waals surface area contributed by atoms with E-state index in [4.69, 9.17) is 9.47 Å². The number of piperidine rings is 1. The van der Waals surface area contributed by atoms with Gasteiger partial charge in [-0.25, -0.2) is 0 Å². The highest BCUT2D eigenvalue weighted by Crippen LogP contribution is 2.33. The topological polar surface area (TPSA) is 33.7 Å². The zero-order valence-electron chi connectivity index (χ0n) is 15.0. The second-order valence-electron chi connectivity index (χ2n) is 7.26. The van der Waals surface area contributed by atoms with Crippen molar-refractivity contribution in [2.24, 2.45) is 0 Å². The van der Waals surface area contributed by atoms with Crippen molar-refractivity contribution >= 4 is 5.69 Å². The Hall–Kier alpha value is -2.20. The molecule has 0 atom stereocenters. The van der Waals surface area contributed by atoms with Crippen LogP contribution in [0.2, 0.25) is 0 Å². The quantitative estimate of drug-likeness (QED) is 0.910. The molecule has 1 saturated heterocycles. The minimum Gasteiger partial charge on any atom is -0.454 e. The van der Waals surface area contributed by atoms with Gasteiger partial charge in [-0.1, -0.05) is 12.1 Å². The molecule has 4 nitrogen and oxygen atoms in total. The summed E-state index contributed by atoms with van der Waals surface area (Å²) in [5.41, 5.74) is 5.20. The first-order valence-electron chi connectivity index (χ1n) is 9.11. The Morgan fingerprint density at radius 2 is 1.68 bits per heavy atom. The molecule has 1 N–H and O–H groups in total. The molecule has 4 rings (SSSR count). The molecule has 0 saturated carbocycles. The fourth-order valence-corrected chi connectivity index (χ4v) is 3.83. The van der Waals surface area contributed by atoms with Crippen LogP contribution in [0.25, 0.3) is 0 Å². The summed E-state index contributed by atoms with van der Waals surface area (Å²) in [5.74, 6) is 1.74. The molecule has 2 aliphatic rings. The lowest BCUT2D eigenvalue weighted by molar-refractivity contribution is 0.173. The molecule has 0 spiro atoms. The molecule has 0 aliphatic carbocycles. The van der Waals surface area contributed by atoms with Crippen molar-refractivity contribution in [3.05, 3.63) is 53.1 Å². The van der Waals surface area contributed by atoms with Crippen molar-refractivity contribution in [2.45, 2.75) is 39.3 Å². The number of aryl methyl sites for hydroxylation is 2. The minimum atomic E-state index is 0.342. The van der Waals surface area contributed by atoms with E-state index < -0.39 is 0 Å². The van der Waals surface area contributed by atoms with E-state index in [1.54, 1.807) is 0 Å². The van der Waals surface area contributed by atoms with E-state index in [2.05, 4.69) is 54.4 Å². The van der Waals surface area contributed by atoms with Crippen molar-refractivity contribution in [1.82, 2.24) is 4.90 Å². The smallest absolute Gasteiger partial charge is 0.231 e. The van der Waals surface area contributed by atoms with Crippen LogP contribution in [0.15, 0.2) is 36.4 Å². The maximum atomic E-state index is 5.48. The Labute approximate surface area is 149 Å². The van der Waals surface area contributed by atoms with Crippen molar-refractivity contribution in [3.8, 4) is 11.5 Å². The predicted octanol–water partition coefficient (Wildman–Crippen LogP) is 4.11. The Bertz CT molecular complexity index is 731. The molecule has 1 fully saturated rings. The first-order valence-corrected chi connectivity index (χ1v) is 9.11. The standard InChI is InChI=1S/C21H26N2O2/c1-15-9-16(2)11-19(10-15)22-18-5-7-23(8-6-18)13-17-3-4-20-21(12-17)25-14-24-20/h3-4,9-12,18,22H,5-8,13-14H2,1-2H3. The average molecular weight is 338 g/mol. The maximum Gasteiger partial charge on any atom is 0.231 e. The van der Waals surface area contributed by atoms with Crippen LogP contribution in [0.1, 0.15) is 29.5 Å². The number of benzene rings is 2. The predicted molar refractivity (Wildman–Crippen MR) is 100 cm³/mol. The Balaban J connectivity index is 1.31. The summed E-state index contributed by atoms with van der Waals surface area (Å²) in [4.78, 5) is 2.53. The first kappa shape index (κ1) is 16.3. The van der Waals surface area contributed by atoms with E-state index in [1.807, 2.05) is 6.07 Å². The molecule has 132 valence electrons. The zero-order chi connectivity index (χ0) is 17.2. The summed E-state index contributed by atoms with van der Waals surface area (Å²) >= 11 is 0. The molecule has 2 aromatic carbocycles. The Kier molecular flexibility index (Phi) is 4.53. The Morgan fingerprint density at radius 1 is 0.960 bits per heavy atom. The number of hydrogen-bond donors (Lipinski definition) is 1. The maximum absolute atomic E-state index is 5.48. The van der Waals surface area contributed by atoms with Gasteiger partial charge in [0.05, 0.1) is 0 Å². The highest BCUT2D eigenvalue weighted by atomic mass is 16.7. The van der Waals surface area contributed by atoms with E-state index in [9.17, 15) is 0 Å². The molecule has 0 amide bonds. The highest BCUT2D eigenvalue weighted by molar-refractivity contribution is 5.49. The van der Waals surface area contributed by atoms with Crippen LogP contribution in [0, 0.1) is 13.8 Å². The molecule has 2 heterocycles. The molecule has 4 heteroatoms. The molecule has 0 bridgehead atoms. The van der Waals surface area contributed by atoms with Gasteiger partial charge in [0.2, 0.25) is 6.79 Å². The van der Waals surface area contributed by atoms with Gasteiger partial charge in [0.1, 0.15) is 0 Å². The number of fused-ring (bicyclic) bond motifs is 1. The highest BCUT2D eigenvalue weighted by Gasteiger charge is 2.20. The molecule has 0 radical (unpaired) electrons. The van der Waals surface area contributed by atoms with Gasteiger partial charge in [-0.2, -0.15) is 0 Å². The number of rotatable bonds is 4. The van der Waals surface area contributed by atoms with Gasteiger partial charge in [0.15, 0.2) is 11.5 Å². The van der Waals surface area contributed by atoms with Crippen molar-refractivity contribution < 1.29 is 9.47 Å². The fraction of sp³-hybridized carbons (Fsp3) is 0.429. The zero-order valence-corrected chi connectivity index (χ0v) is 15.0. The van der Waals surface area contributed by atoms with Gasteiger partial charge in [-0.3, -0.25) is 4.90 Å². The molecule has 2 aliphatic heterocycles. The van der Waals surface area contributed by atoms with Gasteiger partial charge in [-0.05, 0) is 67.6 Å². The normalized spacial score (nSPS) is 17.7. The molecular weight excluding hydrogens is 312 g/mol. The third kappa shape index (κ3) is 3.90. The van der Waals surface area contributed by atoms with Gasteiger partial charge < -0.3 is 14.8 Å². The summed E-state index contributed by atoms with van der Waals surface area (Å²) in [6, 6.07) is 13.5. The molecule has 0 unspecified atom stereocenters. The Morgan fingerprint density at radius 3 is 2.44 bits per heavy atom. The first-order chi connectivity index (χ1) is 12.2. The van der Waals surface area contributed by atoms with Gasteiger partial charge in [-0.15, -0.1) is 0 Å². The number of anilines is 1. The van der Waals surface area contributed by atoms with Crippen molar-refractivity contribution in [3.63, 3.8) is 0 Å². The third-order valence-corrected chi connectivity index (χ3v) is 5.02. The van der Waals surface area contributed by atoms with E-state index in [0.29, 0.717) is 12.8 Å².